The van der Waals surface area contributed by atoms with E-state index in [4.69, 9.17) is 14.2 Å². The van der Waals surface area contributed by atoms with E-state index < -0.39 is 6.04 Å². The zero-order valence-corrected chi connectivity index (χ0v) is 16.8. The van der Waals surface area contributed by atoms with Crippen LogP contribution in [0.1, 0.15) is 28.4 Å². The van der Waals surface area contributed by atoms with Crippen molar-refractivity contribution in [3.8, 4) is 17.2 Å². The Morgan fingerprint density at radius 3 is 2.18 bits per heavy atom. The highest BCUT2D eigenvalue weighted by Gasteiger charge is 2.18. The summed E-state index contributed by atoms with van der Waals surface area (Å²) in [6, 6.07) is 10.0. The fourth-order valence-electron chi connectivity index (χ4n) is 2.71. The summed E-state index contributed by atoms with van der Waals surface area (Å²) in [7, 11) is 4.59. The van der Waals surface area contributed by atoms with Gasteiger partial charge in [-0.2, -0.15) is 0 Å². The Bertz CT molecular complexity index is 825. The average molecular weight is 386 g/mol. The van der Waals surface area contributed by atoms with Crippen LogP contribution in [0.5, 0.6) is 17.2 Å². The molecule has 2 rings (SSSR count). The second-order valence-corrected chi connectivity index (χ2v) is 6.32. The van der Waals surface area contributed by atoms with E-state index in [0.29, 0.717) is 22.8 Å². The Kier molecular flexibility index (Phi) is 7.26. The largest absolute Gasteiger partial charge is 0.493 e. The number of benzene rings is 2. The molecule has 0 saturated heterocycles. The first-order valence-corrected chi connectivity index (χ1v) is 8.83. The van der Waals surface area contributed by atoms with Crippen LogP contribution >= 0.6 is 0 Å². The Hall–Kier alpha value is -3.22. The van der Waals surface area contributed by atoms with Crippen molar-refractivity contribution in [3.63, 3.8) is 0 Å². The molecule has 28 heavy (non-hydrogen) atoms. The molecule has 0 aliphatic carbocycles. The van der Waals surface area contributed by atoms with Crippen LogP contribution in [0.4, 0.5) is 0 Å². The number of nitrogens with one attached hydrogen (secondary N) is 2. The third kappa shape index (κ3) is 5.16. The molecule has 0 radical (unpaired) electrons. The van der Waals surface area contributed by atoms with Gasteiger partial charge in [-0.25, -0.2) is 0 Å². The van der Waals surface area contributed by atoms with E-state index in [1.165, 1.54) is 21.3 Å². The van der Waals surface area contributed by atoms with Gasteiger partial charge in [0.1, 0.15) is 6.04 Å². The van der Waals surface area contributed by atoms with Gasteiger partial charge in [-0.15, -0.1) is 0 Å². The van der Waals surface area contributed by atoms with E-state index in [2.05, 4.69) is 10.6 Å². The highest BCUT2D eigenvalue weighted by atomic mass is 16.5. The molecule has 7 nitrogen and oxygen atoms in total. The zero-order valence-electron chi connectivity index (χ0n) is 16.8. The smallest absolute Gasteiger partial charge is 0.251 e. The quantitative estimate of drug-likeness (QED) is 0.728. The molecular formula is C21H26N2O5. The molecule has 0 saturated carbocycles. The molecule has 0 aliphatic rings. The second-order valence-electron chi connectivity index (χ2n) is 6.32. The second kappa shape index (κ2) is 9.64. The summed E-state index contributed by atoms with van der Waals surface area (Å²) in [6.45, 7) is 3.79. The molecule has 2 aromatic rings. The lowest BCUT2D eigenvalue weighted by Crippen LogP contribution is -2.44. The molecule has 0 heterocycles. The lowest BCUT2D eigenvalue weighted by atomic mass is 10.1. The standard InChI is InChI=1S/C21H26N2O5/c1-13-7-6-8-16(9-13)21(25)23-14(2)20(24)22-12-15-10-17(26-3)19(28-5)18(11-15)27-4/h6-11,14H,12H2,1-5H3,(H,22,24)(H,23,25)/t14-/m0/s1. The van der Waals surface area contributed by atoms with E-state index in [1.807, 2.05) is 13.0 Å². The van der Waals surface area contributed by atoms with Crippen LogP contribution in [0.2, 0.25) is 0 Å². The maximum absolute atomic E-state index is 12.4. The van der Waals surface area contributed by atoms with Gasteiger partial charge in [0.2, 0.25) is 11.7 Å². The van der Waals surface area contributed by atoms with E-state index in [0.717, 1.165) is 11.1 Å². The first kappa shape index (κ1) is 21.1. The van der Waals surface area contributed by atoms with Crippen molar-refractivity contribution in [3.05, 3.63) is 53.1 Å². The number of amides is 2. The van der Waals surface area contributed by atoms with Gasteiger partial charge in [0.05, 0.1) is 21.3 Å². The van der Waals surface area contributed by atoms with Gasteiger partial charge in [0.25, 0.3) is 5.91 Å². The minimum Gasteiger partial charge on any atom is -0.493 e. The van der Waals surface area contributed by atoms with Gasteiger partial charge >= 0.3 is 0 Å². The first-order chi connectivity index (χ1) is 13.4. The van der Waals surface area contributed by atoms with Gasteiger partial charge in [-0.05, 0) is 43.7 Å². The maximum Gasteiger partial charge on any atom is 0.251 e. The van der Waals surface area contributed by atoms with Crippen molar-refractivity contribution in [1.29, 1.82) is 0 Å². The third-order valence-electron chi connectivity index (χ3n) is 4.21. The molecule has 0 aliphatic heterocycles. The van der Waals surface area contributed by atoms with Crippen molar-refractivity contribution in [2.24, 2.45) is 0 Å². The van der Waals surface area contributed by atoms with Crippen LogP contribution in [-0.2, 0) is 11.3 Å². The fourth-order valence-corrected chi connectivity index (χ4v) is 2.71. The van der Waals surface area contributed by atoms with Crippen molar-refractivity contribution < 1.29 is 23.8 Å². The van der Waals surface area contributed by atoms with Crippen molar-refractivity contribution >= 4 is 11.8 Å². The van der Waals surface area contributed by atoms with Crippen LogP contribution in [0.15, 0.2) is 36.4 Å². The highest BCUT2D eigenvalue weighted by Crippen LogP contribution is 2.38. The summed E-state index contributed by atoms with van der Waals surface area (Å²) in [6.07, 6.45) is 0. The Morgan fingerprint density at radius 2 is 1.64 bits per heavy atom. The highest BCUT2D eigenvalue weighted by molar-refractivity contribution is 5.97. The number of rotatable bonds is 8. The summed E-state index contributed by atoms with van der Waals surface area (Å²) in [5, 5.41) is 5.50. The molecule has 7 heteroatoms. The van der Waals surface area contributed by atoms with Crippen LogP contribution < -0.4 is 24.8 Å². The number of aryl methyl sites for hydroxylation is 1. The zero-order chi connectivity index (χ0) is 20.7. The molecule has 0 bridgehead atoms. The van der Waals surface area contributed by atoms with E-state index in [9.17, 15) is 9.59 Å². The van der Waals surface area contributed by atoms with E-state index >= 15 is 0 Å². The monoisotopic (exact) mass is 386 g/mol. The molecular weight excluding hydrogens is 360 g/mol. The molecule has 150 valence electrons. The molecule has 0 spiro atoms. The predicted octanol–water partition coefficient (Wildman–Crippen LogP) is 2.46. The summed E-state index contributed by atoms with van der Waals surface area (Å²) >= 11 is 0. The summed E-state index contributed by atoms with van der Waals surface area (Å²) in [4.78, 5) is 24.7. The van der Waals surface area contributed by atoms with Crippen LogP contribution in [0, 0.1) is 6.92 Å². The molecule has 2 amide bonds. The van der Waals surface area contributed by atoms with Crippen LogP contribution in [0.25, 0.3) is 0 Å². The number of methoxy groups -OCH3 is 3. The van der Waals surface area contributed by atoms with Crippen LogP contribution in [0.3, 0.4) is 0 Å². The lowest BCUT2D eigenvalue weighted by Gasteiger charge is -2.16. The lowest BCUT2D eigenvalue weighted by molar-refractivity contribution is -0.122. The van der Waals surface area contributed by atoms with Gasteiger partial charge in [0, 0.05) is 12.1 Å². The molecule has 1 atom stereocenters. The van der Waals surface area contributed by atoms with Crippen LogP contribution in [-0.4, -0.2) is 39.2 Å². The molecule has 2 N–H and O–H groups in total. The average Bonchev–Trinajstić information content (AvgIpc) is 2.70. The van der Waals surface area contributed by atoms with Crippen molar-refractivity contribution in [2.45, 2.75) is 26.4 Å². The third-order valence-corrected chi connectivity index (χ3v) is 4.21. The molecule has 0 unspecified atom stereocenters. The minimum atomic E-state index is -0.685. The SMILES string of the molecule is COc1cc(CNC(=O)[C@H](C)NC(=O)c2cccc(C)c2)cc(OC)c1OC. The van der Waals surface area contributed by atoms with Crippen molar-refractivity contribution in [2.75, 3.05) is 21.3 Å². The van der Waals surface area contributed by atoms with Gasteiger partial charge in [-0.3, -0.25) is 9.59 Å². The summed E-state index contributed by atoms with van der Waals surface area (Å²) in [5.41, 5.74) is 2.27. The number of hydrogen-bond donors (Lipinski definition) is 2. The minimum absolute atomic E-state index is 0.250. The van der Waals surface area contributed by atoms with Gasteiger partial charge < -0.3 is 24.8 Å². The molecule has 0 aromatic heterocycles. The van der Waals surface area contributed by atoms with Gasteiger partial charge in [-0.1, -0.05) is 17.7 Å². The number of carbonyl (C=O) groups excluding carboxylic acids is 2. The first-order valence-electron chi connectivity index (χ1n) is 8.83. The fraction of sp³-hybridized carbons (Fsp3) is 0.333. The predicted molar refractivity (Wildman–Crippen MR) is 106 cm³/mol. The Morgan fingerprint density at radius 1 is 1.00 bits per heavy atom. The number of carbonyl (C=O) groups is 2. The Balaban J connectivity index is 2.00. The van der Waals surface area contributed by atoms with E-state index in [-0.39, 0.29) is 18.4 Å². The number of hydrogen-bond acceptors (Lipinski definition) is 5. The normalized spacial score (nSPS) is 11.3. The topological polar surface area (TPSA) is 85.9 Å². The Labute approximate surface area is 165 Å². The van der Waals surface area contributed by atoms with E-state index in [1.54, 1.807) is 37.3 Å². The number of ether oxygens (including phenoxy) is 3. The van der Waals surface area contributed by atoms with Crippen molar-refractivity contribution in [1.82, 2.24) is 10.6 Å². The summed E-state index contributed by atoms with van der Waals surface area (Å²) in [5.74, 6) is 0.909. The molecule has 0 fully saturated rings. The molecule has 2 aromatic carbocycles. The maximum atomic E-state index is 12.4. The summed E-state index contributed by atoms with van der Waals surface area (Å²) < 4.78 is 15.9. The van der Waals surface area contributed by atoms with Gasteiger partial charge in [0.15, 0.2) is 11.5 Å².